The maximum atomic E-state index is 11.5. The van der Waals surface area contributed by atoms with Crippen LogP contribution in [-0.4, -0.2) is 40.6 Å². The van der Waals surface area contributed by atoms with Gasteiger partial charge in [0.1, 0.15) is 11.6 Å². The first-order valence-corrected chi connectivity index (χ1v) is 6.66. The van der Waals surface area contributed by atoms with Crippen molar-refractivity contribution >= 4 is 17.6 Å². The van der Waals surface area contributed by atoms with Gasteiger partial charge >= 0.3 is 5.97 Å². The third kappa shape index (κ3) is 4.72. The van der Waals surface area contributed by atoms with Crippen LogP contribution in [0, 0.1) is 0 Å². The van der Waals surface area contributed by atoms with Crippen LogP contribution >= 0.6 is 0 Å². The van der Waals surface area contributed by atoms with Crippen LogP contribution in [0.5, 0.6) is 0 Å². The zero-order valence-corrected chi connectivity index (χ0v) is 11.7. The van der Waals surface area contributed by atoms with Crippen LogP contribution < -0.4 is 10.6 Å². The van der Waals surface area contributed by atoms with Gasteiger partial charge < -0.3 is 15.4 Å². The quantitative estimate of drug-likeness (QED) is 0.590. The molecule has 2 N–H and O–H groups in total. The number of carbonyl (C=O) groups excluding carboxylic acids is 1. The molecular formula is C14H17N5O2. The molecule has 0 fully saturated rings. The lowest BCUT2D eigenvalue weighted by Gasteiger charge is -2.07. The molecule has 0 atom stereocenters. The molecule has 0 aliphatic heterocycles. The Hall–Kier alpha value is -2.70. The fraction of sp³-hybridized carbons (Fsp3) is 0.286. The Morgan fingerprint density at radius 1 is 1.10 bits per heavy atom. The summed E-state index contributed by atoms with van der Waals surface area (Å²) in [4.78, 5) is 23.7. The molecule has 0 unspecified atom stereocenters. The summed E-state index contributed by atoms with van der Waals surface area (Å²) in [6.45, 7) is 3.47. The van der Waals surface area contributed by atoms with Gasteiger partial charge in [-0.2, -0.15) is 0 Å². The maximum absolute atomic E-state index is 11.5. The van der Waals surface area contributed by atoms with Crippen molar-refractivity contribution in [3.05, 3.63) is 42.5 Å². The number of nitrogens with one attached hydrogen (secondary N) is 2. The molecule has 7 heteroatoms. The fourth-order valence-electron chi connectivity index (χ4n) is 1.61. The average molecular weight is 287 g/mol. The van der Waals surface area contributed by atoms with E-state index in [1.54, 1.807) is 37.6 Å². The Balaban J connectivity index is 1.75. The molecule has 0 bridgehead atoms. The minimum absolute atomic E-state index is 0.354. The van der Waals surface area contributed by atoms with Crippen molar-refractivity contribution in [1.29, 1.82) is 0 Å². The number of pyridine rings is 1. The van der Waals surface area contributed by atoms with E-state index in [1.165, 1.54) is 6.20 Å². The molecule has 0 aliphatic carbocycles. The number of hydrogen-bond acceptors (Lipinski definition) is 7. The van der Waals surface area contributed by atoms with Crippen molar-refractivity contribution in [3.63, 3.8) is 0 Å². The van der Waals surface area contributed by atoms with E-state index in [9.17, 15) is 4.79 Å². The minimum atomic E-state index is -0.360. The Labute approximate surface area is 122 Å². The standard InChI is InChI=1S/C14H17N5O2/c1-2-21-14(20)11-3-4-12(19-9-11)16-7-8-18-13-10-15-5-6-17-13/h3-6,9-10H,2,7-8H2,1H3,(H,16,19)(H,17,18). The molecule has 2 heterocycles. The van der Waals surface area contributed by atoms with Crippen LogP contribution in [-0.2, 0) is 4.74 Å². The van der Waals surface area contributed by atoms with Crippen molar-refractivity contribution in [2.45, 2.75) is 6.92 Å². The average Bonchev–Trinajstić information content (AvgIpc) is 2.53. The third-order valence-corrected chi connectivity index (χ3v) is 2.58. The summed E-state index contributed by atoms with van der Waals surface area (Å²) in [6.07, 6.45) is 6.41. The second-order valence-electron chi connectivity index (χ2n) is 4.10. The molecule has 2 aromatic heterocycles. The molecule has 0 radical (unpaired) electrons. The number of ether oxygens (including phenoxy) is 1. The topological polar surface area (TPSA) is 89.0 Å². The highest BCUT2D eigenvalue weighted by atomic mass is 16.5. The van der Waals surface area contributed by atoms with Gasteiger partial charge in [-0.15, -0.1) is 0 Å². The minimum Gasteiger partial charge on any atom is -0.462 e. The van der Waals surface area contributed by atoms with Crippen molar-refractivity contribution in [1.82, 2.24) is 15.0 Å². The summed E-state index contributed by atoms with van der Waals surface area (Å²) in [5, 5.41) is 6.26. The SMILES string of the molecule is CCOC(=O)c1ccc(NCCNc2cnccn2)nc1. The normalized spacial score (nSPS) is 9.95. The number of aromatic nitrogens is 3. The van der Waals surface area contributed by atoms with Gasteiger partial charge in [0.15, 0.2) is 0 Å². The summed E-state index contributed by atoms with van der Waals surface area (Å²) in [7, 11) is 0. The number of rotatable bonds is 7. The molecular weight excluding hydrogens is 270 g/mol. The molecule has 2 rings (SSSR count). The van der Waals surface area contributed by atoms with Gasteiger partial charge in [-0.05, 0) is 19.1 Å². The molecule has 0 aliphatic rings. The van der Waals surface area contributed by atoms with E-state index in [4.69, 9.17) is 4.74 Å². The van der Waals surface area contributed by atoms with Crippen LogP contribution in [0.3, 0.4) is 0 Å². The van der Waals surface area contributed by atoms with E-state index in [-0.39, 0.29) is 5.97 Å². The van der Waals surface area contributed by atoms with Gasteiger partial charge in [-0.25, -0.2) is 14.8 Å². The summed E-state index contributed by atoms with van der Waals surface area (Å²) in [5.41, 5.74) is 0.445. The van der Waals surface area contributed by atoms with Gasteiger partial charge in [0.25, 0.3) is 0 Å². The van der Waals surface area contributed by atoms with Crippen LogP contribution in [0.1, 0.15) is 17.3 Å². The fourth-order valence-corrected chi connectivity index (χ4v) is 1.61. The zero-order valence-electron chi connectivity index (χ0n) is 11.7. The predicted octanol–water partition coefficient (Wildman–Crippen LogP) is 1.57. The molecule has 7 nitrogen and oxygen atoms in total. The van der Waals surface area contributed by atoms with Crippen LogP contribution in [0.25, 0.3) is 0 Å². The summed E-state index contributed by atoms with van der Waals surface area (Å²) < 4.78 is 4.89. The number of esters is 1. The first-order valence-electron chi connectivity index (χ1n) is 6.66. The monoisotopic (exact) mass is 287 g/mol. The number of anilines is 2. The van der Waals surface area contributed by atoms with Gasteiger partial charge in [0.2, 0.25) is 0 Å². The Bertz CT molecular complexity index is 559. The largest absolute Gasteiger partial charge is 0.462 e. The predicted molar refractivity (Wildman–Crippen MR) is 79.2 cm³/mol. The Kier molecular flexibility index (Phi) is 5.45. The number of hydrogen-bond donors (Lipinski definition) is 2. The first kappa shape index (κ1) is 14.7. The van der Waals surface area contributed by atoms with Crippen LogP contribution in [0.4, 0.5) is 11.6 Å². The van der Waals surface area contributed by atoms with E-state index in [2.05, 4.69) is 25.6 Å². The van der Waals surface area contributed by atoms with Gasteiger partial charge in [0.05, 0.1) is 18.4 Å². The number of nitrogens with zero attached hydrogens (tertiary/aromatic N) is 3. The molecule has 0 saturated carbocycles. The van der Waals surface area contributed by atoms with E-state index in [1.807, 2.05) is 0 Å². The Morgan fingerprint density at radius 3 is 2.52 bits per heavy atom. The van der Waals surface area contributed by atoms with Crippen molar-refractivity contribution in [3.8, 4) is 0 Å². The summed E-state index contributed by atoms with van der Waals surface area (Å²) >= 11 is 0. The van der Waals surface area contributed by atoms with Crippen molar-refractivity contribution in [2.75, 3.05) is 30.3 Å². The highest BCUT2D eigenvalue weighted by Gasteiger charge is 2.06. The molecule has 0 amide bonds. The highest BCUT2D eigenvalue weighted by molar-refractivity contribution is 5.89. The molecule has 0 aromatic carbocycles. The third-order valence-electron chi connectivity index (χ3n) is 2.58. The Morgan fingerprint density at radius 2 is 1.90 bits per heavy atom. The van der Waals surface area contributed by atoms with E-state index >= 15 is 0 Å². The lowest BCUT2D eigenvalue weighted by atomic mass is 10.3. The maximum Gasteiger partial charge on any atom is 0.339 e. The van der Waals surface area contributed by atoms with Crippen molar-refractivity contribution < 1.29 is 9.53 Å². The zero-order chi connectivity index (χ0) is 14.9. The first-order chi connectivity index (χ1) is 10.3. The molecule has 0 spiro atoms. The van der Waals surface area contributed by atoms with E-state index < -0.39 is 0 Å². The van der Waals surface area contributed by atoms with Crippen LogP contribution in [0.2, 0.25) is 0 Å². The second kappa shape index (κ2) is 7.78. The van der Waals surface area contributed by atoms with E-state index in [0.717, 1.165) is 5.82 Å². The lowest BCUT2D eigenvalue weighted by molar-refractivity contribution is 0.0526. The van der Waals surface area contributed by atoms with Crippen molar-refractivity contribution in [2.24, 2.45) is 0 Å². The van der Waals surface area contributed by atoms with Gasteiger partial charge in [0, 0.05) is 31.7 Å². The molecule has 110 valence electrons. The highest BCUT2D eigenvalue weighted by Crippen LogP contribution is 2.06. The summed E-state index contributed by atoms with van der Waals surface area (Å²) in [6, 6.07) is 3.43. The molecule has 2 aromatic rings. The lowest BCUT2D eigenvalue weighted by Crippen LogP contribution is -2.15. The molecule has 21 heavy (non-hydrogen) atoms. The van der Waals surface area contributed by atoms with Gasteiger partial charge in [-0.1, -0.05) is 0 Å². The molecule has 0 saturated heterocycles. The second-order valence-corrected chi connectivity index (χ2v) is 4.10. The van der Waals surface area contributed by atoms with E-state index in [0.29, 0.717) is 31.1 Å². The van der Waals surface area contributed by atoms with Gasteiger partial charge in [-0.3, -0.25) is 4.98 Å². The number of carbonyl (C=O) groups is 1. The van der Waals surface area contributed by atoms with Crippen LogP contribution in [0.15, 0.2) is 36.9 Å². The summed E-state index contributed by atoms with van der Waals surface area (Å²) in [5.74, 6) is 1.06. The smallest absolute Gasteiger partial charge is 0.339 e.